The van der Waals surface area contributed by atoms with E-state index in [1.165, 1.54) is 13.2 Å². The van der Waals surface area contributed by atoms with Crippen molar-refractivity contribution in [3.63, 3.8) is 0 Å². The van der Waals surface area contributed by atoms with E-state index in [0.717, 1.165) is 0 Å². The van der Waals surface area contributed by atoms with E-state index in [1.807, 2.05) is 6.07 Å². The zero-order valence-corrected chi connectivity index (χ0v) is 11.8. The number of carbonyl (C=O) groups excluding carboxylic acids is 2. The number of ketones is 2. The number of benzene rings is 1. The number of para-hydroxylation sites is 1. The van der Waals surface area contributed by atoms with Crippen LogP contribution >= 0.6 is 0 Å². The highest BCUT2D eigenvalue weighted by molar-refractivity contribution is 6.25. The zero-order valence-electron chi connectivity index (χ0n) is 11.8. The number of Topliss-reactive ketones (excluding diaryl/α,β-unsaturated/α-hetero) is 2. The summed E-state index contributed by atoms with van der Waals surface area (Å²) in [5.74, 6) is -1.12. The number of hydrogen-bond donors (Lipinski definition) is 2. The molecule has 6 nitrogen and oxygen atoms in total. The Balaban J connectivity index is 2.18. The molecule has 0 aliphatic heterocycles. The van der Waals surface area contributed by atoms with Crippen molar-refractivity contribution in [3.05, 3.63) is 59.1 Å². The van der Waals surface area contributed by atoms with E-state index < -0.39 is 11.6 Å². The van der Waals surface area contributed by atoms with E-state index in [4.69, 9.17) is 16.2 Å². The Morgan fingerprint density at radius 1 is 0.955 bits per heavy atom. The lowest BCUT2D eigenvalue weighted by atomic mass is 9.94. The second-order valence-electron chi connectivity index (χ2n) is 4.79. The van der Waals surface area contributed by atoms with Crippen molar-refractivity contribution in [3.8, 4) is 11.3 Å². The van der Waals surface area contributed by atoms with Gasteiger partial charge in [0.25, 0.3) is 0 Å². The number of nitrogen functional groups attached to an aromatic ring is 1. The Hall–Kier alpha value is -3.15. The van der Waals surface area contributed by atoms with E-state index in [1.54, 1.807) is 24.3 Å². The van der Waals surface area contributed by atoms with Crippen LogP contribution in [-0.2, 0) is 4.74 Å². The summed E-state index contributed by atoms with van der Waals surface area (Å²) in [7, 11) is 1.30. The summed E-state index contributed by atoms with van der Waals surface area (Å²) in [6.45, 7) is 0. The lowest BCUT2D eigenvalue weighted by Crippen LogP contribution is -2.28. The van der Waals surface area contributed by atoms with Gasteiger partial charge in [0.2, 0.25) is 11.6 Å². The van der Waals surface area contributed by atoms with Gasteiger partial charge in [-0.15, -0.1) is 0 Å². The molecule has 0 amide bonds. The van der Waals surface area contributed by atoms with Gasteiger partial charge >= 0.3 is 0 Å². The van der Waals surface area contributed by atoms with Crippen LogP contribution < -0.4 is 11.5 Å². The molecule has 0 saturated heterocycles. The number of allylic oxidation sites excluding steroid dienone is 2. The normalized spacial score (nSPS) is 14.0. The van der Waals surface area contributed by atoms with Crippen molar-refractivity contribution in [2.75, 3.05) is 12.8 Å². The number of anilines is 1. The number of nitrogens with two attached hydrogens (primary N) is 2. The van der Waals surface area contributed by atoms with E-state index in [2.05, 4.69) is 4.98 Å². The van der Waals surface area contributed by atoms with Gasteiger partial charge in [-0.1, -0.05) is 18.2 Å². The second kappa shape index (κ2) is 5.00. The highest BCUT2D eigenvalue weighted by Crippen LogP contribution is 2.28. The van der Waals surface area contributed by atoms with E-state index in [9.17, 15) is 9.59 Å². The maximum Gasteiger partial charge on any atom is 0.232 e. The largest absolute Gasteiger partial charge is 0.491 e. The predicted molar refractivity (Wildman–Crippen MR) is 81.0 cm³/mol. The number of pyridine rings is 1. The molecular weight excluding hydrogens is 282 g/mol. The van der Waals surface area contributed by atoms with Gasteiger partial charge in [0.1, 0.15) is 11.4 Å². The van der Waals surface area contributed by atoms with Crippen LogP contribution in [0.25, 0.3) is 11.3 Å². The molecule has 0 fully saturated rings. The van der Waals surface area contributed by atoms with Crippen LogP contribution in [0.1, 0.15) is 20.8 Å². The van der Waals surface area contributed by atoms with Gasteiger partial charge < -0.3 is 16.2 Å². The van der Waals surface area contributed by atoms with Crippen LogP contribution in [0.15, 0.2) is 47.9 Å². The molecule has 0 atom stereocenters. The first-order valence-electron chi connectivity index (χ1n) is 6.53. The number of ether oxygens (including phenoxy) is 1. The molecule has 0 unspecified atom stereocenters. The second-order valence-corrected chi connectivity index (χ2v) is 4.79. The third-order valence-electron chi connectivity index (χ3n) is 3.49. The predicted octanol–water partition coefficient (Wildman–Crippen LogP) is 1.53. The molecule has 110 valence electrons. The molecule has 2 aromatic rings. The molecule has 0 radical (unpaired) electrons. The number of hydrogen-bond acceptors (Lipinski definition) is 6. The van der Waals surface area contributed by atoms with Crippen LogP contribution in [0.2, 0.25) is 0 Å². The Morgan fingerprint density at radius 3 is 2.36 bits per heavy atom. The number of nitrogens with zero attached hydrogens (tertiary/aromatic N) is 1. The van der Waals surface area contributed by atoms with Crippen LogP contribution in [0.5, 0.6) is 0 Å². The van der Waals surface area contributed by atoms with Gasteiger partial charge in [-0.2, -0.15) is 0 Å². The topological polar surface area (TPSA) is 108 Å². The molecule has 22 heavy (non-hydrogen) atoms. The molecule has 1 aliphatic carbocycles. The Kier molecular flexibility index (Phi) is 3.14. The van der Waals surface area contributed by atoms with Crippen molar-refractivity contribution in [1.29, 1.82) is 0 Å². The Morgan fingerprint density at radius 2 is 1.68 bits per heavy atom. The first-order chi connectivity index (χ1) is 10.5. The molecule has 3 rings (SSSR count). The third-order valence-corrected chi connectivity index (χ3v) is 3.49. The number of carbonyl (C=O) groups is 2. The van der Waals surface area contributed by atoms with Crippen molar-refractivity contribution >= 4 is 17.3 Å². The molecule has 1 aromatic carbocycles. The van der Waals surface area contributed by atoms with Crippen molar-refractivity contribution in [2.45, 2.75) is 0 Å². The van der Waals surface area contributed by atoms with Crippen LogP contribution in [0.4, 0.5) is 5.69 Å². The summed E-state index contributed by atoms with van der Waals surface area (Å²) in [6, 6.07) is 10.3. The molecule has 0 spiro atoms. The Bertz CT molecular complexity index is 840. The first kappa shape index (κ1) is 13.8. The minimum Gasteiger partial charge on any atom is -0.491 e. The van der Waals surface area contributed by atoms with Gasteiger partial charge in [0.05, 0.1) is 18.4 Å². The van der Waals surface area contributed by atoms with Crippen LogP contribution in [0.3, 0.4) is 0 Å². The molecule has 4 N–H and O–H groups in total. The fraction of sp³-hybridized carbons (Fsp3) is 0.0625. The Labute approximate surface area is 126 Å². The van der Waals surface area contributed by atoms with Crippen LogP contribution in [0, 0.1) is 0 Å². The molecule has 0 saturated carbocycles. The summed E-state index contributed by atoms with van der Waals surface area (Å²) in [4.78, 5) is 28.8. The highest BCUT2D eigenvalue weighted by Gasteiger charge is 2.33. The molecule has 1 aromatic heterocycles. The standard InChI is InChI=1S/C16H13N3O3/c1-22-16-12(18)15(21)13-9(14(16)20)6-7-11(19-13)8-4-2-3-5-10(8)17/h2-7H,17-18H2,1H3. The fourth-order valence-electron chi connectivity index (χ4n) is 2.37. The first-order valence-corrected chi connectivity index (χ1v) is 6.53. The van der Waals surface area contributed by atoms with Crippen LogP contribution in [-0.4, -0.2) is 23.7 Å². The number of rotatable bonds is 2. The van der Waals surface area contributed by atoms with Gasteiger partial charge in [-0.05, 0) is 18.2 Å². The van der Waals surface area contributed by atoms with Gasteiger partial charge in [0.15, 0.2) is 5.76 Å². The number of fused-ring (bicyclic) bond motifs is 1. The maximum absolute atomic E-state index is 12.3. The summed E-state index contributed by atoms with van der Waals surface area (Å²) >= 11 is 0. The maximum atomic E-state index is 12.3. The lowest BCUT2D eigenvalue weighted by Gasteiger charge is -2.17. The molecule has 1 aliphatic rings. The smallest absolute Gasteiger partial charge is 0.232 e. The number of methoxy groups -OCH3 is 1. The average molecular weight is 295 g/mol. The van der Waals surface area contributed by atoms with Gasteiger partial charge in [0, 0.05) is 11.3 Å². The molecule has 0 bridgehead atoms. The SMILES string of the molecule is COC1=C(N)C(=O)c2nc(-c3ccccc3N)ccc2C1=O. The minimum absolute atomic E-state index is 0.0176. The van der Waals surface area contributed by atoms with E-state index in [0.29, 0.717) is 16.9 Å². The third kappa shape index (κ3) is 1.93. The molecular formula is C16H13N3O3. The molecule has 6 heteroatoms. The van der Waals surface area contributed by atoms with Crippen molar-refractivity contribution in [2.24, 2.45) is 5.73 Å². The van der Waals surface area contributed by atoms with Crippen molar-refractivity contribution < 1.29 is 14.3 Å². The van der Waals surface area contributed by atoms with E-state index >= 15 is 0 Å². The highest BCUT2D eigenvalue weighted by atomic mass is 16.5. The fourth-order valence-corrected chi connectivity index (χ4v) is 2.37. The average Bonchev–Trinajstić information content (AvgIpc) is 2.53. The summed E-state index contributed by atoms with van der Waals surface area (Å²) < 4.78 is 4.91. The van der Waals surface area contributed by atoms with E-state index in [-0.39, 0.29) is 22.7 Å². The van der Waals surface area contributed by atoms with Crippen molar-refractivity contribution in [1.82, 2.24) is 4.98 Å². The summed E-state index contributed by atoms with van der Waals surface area (Å²) in [6.07, 6.45) is 0. The summed E-state index contributed by atoms with van der Waals surface area (Å²) in [5, 5.41) is 0. The van der Waals surface area contributed by atoms with Gasteiger partial charge in [-0.3, -0.25) is 9.59 Å². The van der Waals surface area contributed by atoms with Gasteiger partial charge in [-0.25, -0.2) is 4.98 Å². The minimum atomic E-state index is -0.525. The molecule has 1 heterocycles. The number of aromatic nitrogens is 1. The zero-order chi connectivity index (χ0) is 15.9. The summed E-state index contributed by atoms with van der Waals surface area (Å²) in [5.41, 5.74) is 13.3. The monoisotopic (exact) mass is 295 g/mol. The quantitative estimate of drug-likeness (QED) is 0.813. The lowest BCUT2D eigenvalue weighted by molar-refractivity contribution is 0.0902.